The molecule has 0 bridgehead atoms. The number of hydrogen-bond acceptors (Lipinski definition) is 2. The van der Waals surface area contributed by atoms with Gasteiger partial charge in [-0.25, -0.2) is 0 Å². The highest BCUT2D eigenvalue weighted by atomic mass is 16.5. The van der Waals surface area contributed by atoms with Crippen LogP contribution in [0, 0.1) is 0 Å². The predicted octanol–water partition coefficient (Wildman–Crippen LogP) is 0.796. The lowest BCUT2D eigenvalue weighted by molar-refractivity contribution is -0.125. The number of morpholine rings is 1. The van der Waals surface area contributed by atoms with Gasteiger partial charge in [-0.05, 0) is 6.92 Å². The Bertz CT molecular complexity index is 210. The van der Waals surface area contributed by atoms with Crippen LogP contribution in [0.2, 0.25) is 0 Å². The summed E-state index contributed by atoms with van der Waals surface area (Å²) < 4.78 is 4.92. The minimum absolute atomic E-state index is 0. The Morgan fingerprint density at radius 1 is 1.90 bits per heavy atom. The Morgan fingerprint density at radius 3 is 3.10 bits per heavy atom. The zero-order valence-electron chi connectivity index (χ0n) is 5.81. The average molecular weight is 141 g/mol. The van der Waals surface area contributed by atoms with Crippen LogP contribution in [0.25, 0.3) is 0 Å². The number of rotatable bonds is 0. The molecule has 1 rings (SSSR count). The van der Waals surface area contributed by atoms with Gasteiger partial charge in [0, 0.05) is 1.43 Å². The highest BCUT2D eigenvalue weighted by Gasteiger charge is 2.14. The predicted molar refractivity (Wildman–Crippen MR) is 39.1 cm³/mol. The maximum Gasteiger partial charge on any atom is 0.262 e. The molecular formula is C7H11NO2. The first-order valence-electron chi connectivity index (χ1n) is 3.02. The average Bonchev–Trinajstić information content (AvgIpc) is 1.94. The van der Waals surface area contributed by atoms with E-state index in [0.29, 0.717) is 11.5 Å². The first kappa shape index (κ1) is 6.86. The quantitative estimate of drug-likeness (QED) is 0.541. The highest BCUT2D eigenvalue weighted by molar-refractivity contribution is 5.81. The molecule has 0 spiro atoms. The fourth-order valence-electron chi connectivity index (χ4n) is 0.720. The van der Waals surface area contributed by atoms with Gasteiger partial charge >= 0.3 is 0 Å². The van der Waals surface area contributed by atoms with E-state index in [4.69, 9.17) is 4.74 Å². The molecule has 0 saturated carbocycles. The van der Waals surface area contributed by atoms with Crippen molar-refractivity contribution in [3.8, 4) is 0 Å². The molecule has 1 fully saturated rings. The van der Waals surface area contributed by atoms with Crippen molar-refractivity contribution in [3.05, 3.63) is 24.1 Å². The van der Waals surface area contributed by atoms with E-state index >= 15 is 0 Å². The molecule has 0 aromatic heterocycles. The lowest BCUT2D eigenvalue weighted by Crippen LogP contribution is -2.33. The van der Waals surface area contributed by atoms with Crippen LogP contribution in [-0.2, 0) is 9.53 Å². The van der Waals surface area contributed by atoms with Gasteiger partial charge in [0.1, 0.15) is 5.76 Å². The van der Waals surface area contributed by atoms with E-state index in [9.17, 15) is 4.79 Å². The molecule has 10 heavy (non-hydrogen) atoms. The minimum Gasteiger partial charge on any atom is -0.482 e. The molecule has 1 aliphatic rings. The molecule has 1 amide bonds. The summed E-state index contributed by atoms with van der Waals surface area (Å²) in [6, 6.07) is 0. The Kier molecular flexibility index (Phi) is 1.76. The van der Waals surface area contributed by atoms with Crippen molar-refractivity contribution in [2.45, 2.75) is 6.92 Å². The van der Waals surface area contributed by atoms with Gasteiger partial charge in [0.15, 0.2) is 6.61 Å². The van der Waals surface area contributed by atoms with Crippen molar-refractivity contribution in [3.63, 3.8) is 0 Å². The second kappa shape index (κ2) is 2.56. The maximum atomic E-state index is 10.7. The largest absolute Gasteiger partial charge is 0.482 e. The number of amides is 1. The van der Waals surface area contributed by atoms with Gasteiger partial charge in [0.25, 0.3) is 5.91 Å². The van der Waals surface area contributed by atoms with E-state index in [2.05, 4.69) is 11.9 Å². The third kappa shape index (κ3) is 1.18. The first-order chi connectivity index (χ1) is 4.74. The monoisotopic (exact) mass is 141 g/mol. The van der Waals surface area contributed by atoms with Gasteiger partial charge in [-0.1, -0.05) is 12.7 Å². The summed E-state index contributed by atoms with van der Waals surface area (Å²) >= 11 is 0. The number of allylic oxidation sites excluding steroid dienone is 1. The Morgan fingerprint density at radius 2 is 2.60 bits per heavy atom. The van der Waals surface area contributed by atoms with Gasteiger partial charge in [0.2, 0.25) is 0 Å². The van der Waals surface area contributed by atoms with Crippen LogP contribution in [-0.4, -0.2) is 12.5 Å². The van der Waals surface area contributed by atoms with E-state index < -0.39 is 0 Å². The molecule has 3 nitrogen and oxygen atoms in total. The third-order valence-corrected chi connectivity index (χ3v) is 1.24. The summed E-state index contributed by atoms with van der Waals surface area (Å²) in [5.41, 5.74) is 0.663. The fourth-order valence-corrected chi connectivity index (χ4v) is 0.720. The van der Waals surface area contributed by atoms with Crippen LogP contribution in [0.4, 0.5) is 0 Å². The Hall–Kier alpha value is -1.25. The molecule has 3 heteroatoms. The van der Waals surface area contributed by atoms with Crippen LogP contribution in [0.15, 0.2) is 24.1 Å². The molecule has 1 aliphatic heterocycles. The molecule has 1 N–H and O–H groups in total. The maximum absolute atomic E-state index is 10.7. The van der Waals surface area contributed by atoms with E-state index in [1.165, 1.54) is 0 Å². The minimum atomic E-state index is -0.125. The summed E-state index contributed by atoms with van der Waals surface area (Å²) in [5.74, 6) is 0.405. The van der Waals surface area contributed by atoms with E-state index in [1.54, 1.807) is 6.08 Å². The number of ether oxygens (including phenoxy) is 1. The van der Waals surface area contributed by atoms with Crippen molar-refractivity contribution >= 4 is 5.91 Å². The van der Waals surface area contributed by atoms with E-state index in [-0.39, 0.29) is 13.9 Å². The van der Waals surface area contributed by atoms with Crippen molar-refractivity contribution in [1.29, 1.82) is 0 Å². The molecular weight excluding hydrogens is 130 g/mol. The summed E-state index contributed by atoms with van der Waals surface area (Å²) in [5, 5.41) is 2.61. The standard InChI is InChI=1S/C7H9NO2.H2/c1-3-6-5(2)10-4-7(9)8-6;/h3H,2,4H2,1H3,(H,8,9);1H/b6-3-;. The van der Waals surface area contributed by atoms with Gasteiger partial charge in [-0.3, -0.25) is 4.79 Å². The SMILES string of the molecule is C=C1OCC(=O)N/C1=C\C.[HH]. The summed E-state index contributed by atoms with van der Waals surface area (Å²) in [4.78, 5) is 10.7. The second-order valence-corrected chi connectivity index (χ2v) is 1.96. The molecule has 1 heterocycles. The fraction of sp³-hybridized carbons (Fsp3) is 0.286. The van der Waals surface area contributed by atoms with Crippen molar-refractivity contribution < 1.29 is 11.0 Å². The number of hydrogen-bond donors (Lipinski definition) is 1. The van der Waals surface area contributed by atoms with Gasteiger partial charge in [-0.15, -0.1) is 0 Å². The lowest BCUT2D eigenvalue weighted by Gasteiger charge is -2.18. The molecule has 0 atom stereocenters. The number of carbonyl (C=O) groups is 1. The zero-order valence-corrected chi connectivity index (χ0v) is 5.81. The van der Waals surface area contributed by atoms with E-state index in [0.717, 1.165) is 0 Å². The van der Waals surface area contributed by atoms with Gasteiger partial charge in [-0.2, -0.15) is 0 Å². The highest BCUT2D eigenvalue weighted by Crippen LogP contribution is 2.09. The first-order valence-corrected chi connectivity index (χ1v) is 3.02. The van der Waals surface area contributed by atoms with Crippen molar-refractivity contribution in [2.75, 3.05) is 6.61 Å². The van der Waals surface area contributed by atoms with Crippen LogP contribution >= 0.6 is 0 Å². The van der Waals surface area contributed by atoms with Gasteiger partial charge < -0.3 is 10.1 Å². The number of nitrogens with one attached hydrogen (secondary N) is 1. The summed E-state index contributed by atoms with van der Waals surface area (Å²) in [7, 11) is 0. The summed E-state index contributed by atoms with van der Waals surface area (Å²) in [6.07, 6.45) is 1.75. The van der Waals surface area contributed by atoms with Crippen molar-refractivity contribution in [2.24, 2.45) is 0 Å². The molecule has 0 aliphatic carbocycles. The molecule has 0 radical (unpaired) electrons. The molecule has 0 unspecified atom stereocenters. The van der Waals surface area contributed by atoms with E-state index in [1.807, 2.05) is 6.92 Å². The second-order valence-electron chi connectivity index (χ2n) is 1.96. The van der Waals surface area contributed by atoms with Gasteiger partial charge in [0.05, 0.1) is 5.70 Å². The van der Waals surface area contributed by atoms with Crippen LogP contribution in [0.5, 0.6) is 0 Å². The van der Waals surface area contributed by atoms with Crippen molar-refractivity contribution in [1.82, 2.24) is 5.32 Å². The number of carbonyl (C=O) groups excluding carboxylic acids is 1. The van der Waals surface area contributed by atoms with Crippen LogP contribution < -0.4 is 5.32 Å². The topological polar surface area (TPSA) is 38.3 Å². The lowest BCUT2D eigenvalue weighted by atomic mass is 10.3. The third-order valence-electron chi connectivity index (χ3n) is 1.24. The van der Waals surface area contributed by atoms with Crippen LogP contribution in [0.1, 0.15) is 8.35 Å². The Balaban J connectivity index is 0.000001000. The summed E-state index contributed by atoms with van der Waals surface area (Å²) in [6.45, 7) is 5.49. The molecule has 1 saturated heterocycles. The Labute approximate surface area is 60.9 Å². The molecule has 56 valence electrons. The smallest absolute Gasteiger partial charge is 0.262 e. The molecule has 0 aromatic rings. The molecule has 0 aromatic carbocycles. The normalized spacial score (nSPS) is 22.3. The zero-order chi connectivity index (χ0) is 7.56. The van der Waals surface area contributed by atoms with Crippen LogP contribution in [0.3, 0.4) is 0 Å².